The van der Waals surface area contributed by atoms with Crippen LogP contribution >= 0.6 is 11.8 Å². The molecule has 0 aromatic heterocycles. The molecular weight excluding hydrogens is 218 g/mol. The zero-order valence-corrected chi connectivity index (χ0v) is 10.8. The monoisotopic (exact) mass is 239 g/mol. The van der Waals surface area contributed by atoms with Crippen LogP contribution in [0.1, 0.15) is 25.3 Å². The summed E-state index contributed by atoms with van der Waals surface area (Å²) in [7, 11) is 0. The molecule has 1 rings (SSSR count). The summed E-state index contributed by atoms with van der Waals surface area (Å²) >= 11 is 2.00. The SMILES string of the molecule is CCCSCCCOc1cccc(CN)c1. The van der Waals surface area contributed by atoms with E-state index in [2.05, 4.69) is 6.92 Å². The Hall–Kier alpha value is -0.670. The molecule has 2 N–H and O–H groups in total. The third-order valence-electron chi connectivity index (χ3n) is 2.18. The average Bonchev–Trinajstić information content (AvgIpc) is 2.34. The third-order valence-corrected chi connectivity index (χ3v) is 3.46. The Morgan fingerprint density at radius 2 is 2.19 bits per heavy atom. The lowest BCUT2D eigenvalue weighted by Gasteiger charge is -2.07. The number of hydrogen-bond donors (Lipinski definition) is 1. The molecule has 90 valence electrons. The first-order valence-corrected chi connectivity index (χ1v) is 7.02. The maximum Gasteiger partial charge on any atom is 0.119 e. The van der Waals surface area contributed by atoms with E-state index in [1.54, 1.807) is 0 Å². The van der Waals surface area contributed by atoms with Gasteiger partial charge in [0.2, 0.25) is 0 Å². The van der Waals surface area contributed by atoms with Gasteiger partial charge in [-0.25, -0.2) is 0 Å². The van der Waals surface area contributed by atoms with Crippen LogP contribution in [-0.2, 0) is 6.54 Å². The van der Waals surface area contributed by atoms with Crippen molar-refractivity contribution in [2.45, 2.75) is 26.3 Å². The first-order valence-electron chi connectivity index (χ1n) is 5.86. The van der Waals surface area contributed by atoms with Gasteiger partial charge in [-0.2, -0.15) is 11.8 Å². The molecule has 0 aliphatic rings. The second kappa shape index (κ2) is 8.48. The number of nitrogens with two attached hydrogens (primary N) is 1. The van der Waals surface area contributed by atoms with Gasteiger partial charge < -0.3 is 10.5 Å². The van der Waals surface area contributed by atoms with Crippen molar-refractivity contribution in [2.75, 3.05) is 18.1 Å². The van der Waals surface area contributed by atoms with Crippen molar-refractivity contribution in [3.63, 3.8) is 0 Å². The van der Waals surface area contributed by atoms with E-state index in [0.717, 1.165) is 24.3 Å². The van der Waals surface area contributed by atoms with Crippen LogP contribution in [0.5, 0.6) is 5.75 Å². The van der Waals surface area contributed by atoms with Crippen molar-refractivity contribution in [2.24, 2.45) is 5.73 Å². The van der Waals surface area contributed by atoms with Crippen LogP contribution in [0.4, 0.5) is 0 Å². The van der Waals surface area contributed by atoms with Gasteiger partial charge in [-0.05, 0) is 42.0 Å². The molecule has 0 unspecified atom stereocenters. The highest BCUT2D eigenvalue weighted by molar-refractivity contribution is 7.99. The van der Waals surface area contributed by atoms with E-state index in [4.69, 9.17) is 10.5 Å². The van der Waals surface area contributed by atoms with Crippen molar-refractivity contribution in [3.8, 4) is 5.75 Å². The molecule has 3 heteroatoms. The topological polar surface area (TPSA) is 35.2 Å². The summed E-state index contributed by atoms with van der Waals surface area (Å²) in [5, 5.41) is 0. The average molecular weight is 239 g/mol. The molecule has 0 atom stereocenters. The molecule has 0 heterocycles. The lowest BCUT2D eigenvalue weighted by atomic mass is 10.2. The van der Waals surface area contributed by atoms with Crippen LogP contribution in [0.15, 0.2) is 24.3 Å². The van der Waals surface area contributed by atoms with E-state index in [1.165, 1.54) is 17.9 Å². The van der Waals surface area contributed by atoms with Gasteiger partial charge in [0.1, 0.15) is 5.75 Å². The molecule has 16 heavy (non-hydrogen) atoms. The van der Waals surface area contributed by atoms with Gasteiger partial charge in [-0.1, -0.05) is 19.1 Å². The minimum absolute atomic E-state index is 0.573. The Morgan fingerprint density at radius 3 is 2.94 bits per heavy atom. The lowest BCUT2D eigenvalue weighted by Crippen LogP contribution is -2.01. The fourth-order valence-corrected chi connectivity index (χ4v) is 2.17. The van der Waals surface area contributed by atoms with E-state index < -0.39 is 0 Å². The molecule has 0 saturated heterocycles. The smallest absolute Gasteiger partial charge is 0.119 e. The van der Waals surface area contributed by atoms with Gasteiger partial charge in [-0.3, -0.25) is 0 Å². The molecule has 0 bridgehead atoms. The van der Waals surface area contributed by atoms with Crippen LogP contribution in [0.2, 0.25) is 0 Å². The lowest BCUT2D eigenvalue weighted by molar-refractivity contribution is 0.318. The molecule has 1 aromatic rings. The van der Waals surface area contributed by atoms with E-state index in [1.807, 2.05) is 36.0 Å². The van der Waals surface area contributed by atoms with Gasteiger partial charge in [-0.15, -0.1) is 0 Å². The van der Waals surface area contributed by atoms with Gasteiger partial charge in [0, 0.05) is 6.54 Å². The van der Waals surface area contributed by atoms with Crippen LogP contribution in [0.3, 0.4) is 0 Å². The van der Waals surface area contributed by atoms with Gasteiger partial charge in [0.15, 0.2) is 0 Å². The van der Waals surface area contributed by atoms with Crippen LogP contribution < -0.4 is 10.5 Å². The third kappa shape index (κ3) is 5.42. The van der Waals surface area contributed by atoms with Crippen LogP contribution in [0, 0.1) is 0 Å². The van der Waals surface area contributed by atoms with E-state index in [0.29, 0.717) is 6.54 Å². The van der Waals surface area contributed by atoms with Gasteiger partial charge in [0.25, 0.3) is 0 Å². The molecule has 0 spiro atoms. The van der Waals surface area contributed by atoms with Crippen molar-refractivity contribution in [3.05, 3.63) is 29.8 Å². The van der Waals surface area contributed by atoms with E-state index in [9.17, 15) is 0 Å². The first kappa shape index (κ1) is 13.4. The largest absolute Gasteiger partial charge is 0.494 e. The Labute approximate surface area is 103 Å². The second-order valence-electron chi connectivity index (χ2n) is 3.67. The minimum atomic E-state index is 0.573. The summed E-state index contributed by atoms with van der Waals surface area (Å²) in [4.78, 5) is 0. The van der Waals surface area contributed by atoms with Crippen LogP contribution in [-0.4, -0.2) is 18.1 Å². The molecule has 0 amide bonds. The predicted molar refractivity (Wildman–Crippen MR) is 72.1 cm³/mol. The molecule has 2 nitrogen and oxygen atoms in total. The Bertz CT molecular complexity index is 291. The van der Waals surface area contributed by atoms with E-state index >= 15 is 0 Å². The fraction of sp³-hybridized carbons (Fsp3) is 0.538. The summed E-state index contributed by atoms with van der Waals surface area (Å²) in [5.74, 6) is 3.37. The summed E-state index contributed by atoms with van der Waals surface area (Å²) in [6.45, 7) is 3.58. The highest BCUT2D eigenvalue weighted by Gasteiger charge is 1.95. The molecule has 1 aromatic carbocycles. The second-order valence-corrected chi connectivity index (χ2v) is 4.89. The fourth-order valence-electron chi connectivity index (χ4n) is 1.36. The highest BCUT2D eigenvalue weighted by atomic mass is 32.2. The molecule has 0 saturated carbocycles. The maximum atomic E-state index is 5.66. The molecule has 0 aliphatic carbocycles. The number of benzene rings is 1. The zero-order valence-electron chi connectivity index (χ0n) is 9.95. The van der Waals surface area contributed by atoms with Crippen molar-refractivity contribution in [1.29, 1.82) is 0 Å². The predicted octanol–water partition coefficient (Wildman–Crippen LogP) is 3.06. The zero-order chi connectivity index (χ0) is 11.6. The quantitative estimate of drug-likeness (QED) is 0.708. The summed E-state index contributed by atoms with van der Waals surface area (Å²) in [5.41, 5.74) is 6.69. The molecular formula is C13H21NOS. The van der Waals surface area contributed by atoms with Crippen LogP contribution in [0.25, 0.3) is 0 Å². The maximum absolute atomic E-state index is 5.66. The Kier molecular flexibility index (Phi) is 7.10. The summed E-state index contributed by atoms with van der Waals surface area (Å²) in [6, 6.07) is 8.00. The van der Waals surface area contributed by atoms with E-state index in [-0.39, 0.29) is 0 Å². The molecule has 0 aliphatic heterocycles. The summed E-state index contributed by atoms with van der Waals surface area (Å²) < 4.78 is 5.66. The highest BCUT2D eigenvalue weighted by Crippen LogP contribution is 2.13. The molecule has 0 fully saturated rings. The van der Waals surface area contributed by atoms with Crippen molar-refractivity contribution in [1.82, 2.24) is 0 Å². The standard InChI is InChI=1S/C13H21NOS/c1-2-8-16-9-4-7-15-13-6-3-5-12(10-13)11-14/h3,5-6,10H,2,4,7-9,11,14H2,1H3. The normalized spacial score (nSPS) is 10.4. The molecule has 0 radical (unpaired) electrons. The first-order chi connectivity index (χ1) is 7.86. The van der Waals surface area contributed by atoms with Gasteiger partial charge >= 0.3 is 0 Å². The van der Waals surface area contributed by atoms with Gasteiger partial charge in [0.05, 0.1) is 6.61 Å². The summed E-state index contributed by atoms with van der Waals surface area (Å²) in [6.07, 6.45) is 2.36. The number of ether oxygens (including phenoxy) is 1. The van der Waals surface area contributed by atoms with Crippen molar-refractivity contribution >= 4 is 11.8 Å². The number of hydrogen-bond acceptors (Lipinski definition) is 3. The number of rotatable bonds is 8. The van der Waals surface area contributed by atoms with Crippen molar-refractivity contribution < 1.29 is 4.74 Å². The number of thioether (sulfide) groups is 1. The minimum Gasteiger partial charge on any atom is -0.494 e. The Balaban J connectivity index is 2.16. The Morgan fingerprint density at radius 1 is 1.31 bits per heavy atom.